The quantitative estimate of drug-likeness (QED) is 0.0295. The molecule has 3 fully saturated rings. The van der Waals surface area contributed by atoms with Crippen LogP contribution in [-0.4, -0.2) is 236 Å². The van der Waals surface area contributed by atoms with Gasteiger partial charge >= 0.3 is 12.1 Å². The number of amides is 2. The van der Waals surface area contributed by atoms with Crippen molar-refractivity contribution in [1.29, 1.82) is 0 Å². The highest BCUT2D eigenvalue weighted by Gasteiger charge is 2.53. The molecule has 24 nitrogen and oxygen atoms in total. The third-order valence-corrected chi connectivity index (χ3v) is 17.2. The molecule has 514 valence electrons. The van der Waals surface area contributed by atoms with Crippen molar-refractivity contribution in [3.05, 3.63) is 47.6 Å². The van der Waals surface area contributed by atoms with Gasteiger partial charge in [0.2, 0.25) is 5.79 Å². The van der Waals surface area contributed by atoms with E-state index in [1.807, 2.05) is 51.2 Å². The standard InChI is InChI=1S/C66H109N3O21/c1-10-81-26-27-83-30-31-85-34-35-87-37-36-86-33-32-84-29-28-82-25-23-68-65(77)89-55-22-20-50(41-58(55)80-9)40-52(67)57-43-54(70)46(4)39-48(6)60(72)61(73)59(71)47(5)38-44(2)16-12-11-13-17-45(3)56(79-8)42-51-21-19-49(7)66(78,90-51)62(74)63(75)69-24-15-14-18-53(69)64(76)88-57/h11-13,16-17,39,44,46-47,49-53,55-58,60-61,72-73,78H,10,14-15,18-38,40-43,67H2,1-9H3,(H,68,77)/b13-11+,16-12+,45-17+,48-39+/t44?,46-,47?,49-,50+,51+,52-,53+,55?,56+,57+,58-,60-,61+,66-/m1/s1. The molecule has 4 aliphatic rings. The number of carbonyl (C=O) groups excluding carboxylic acids is 6. The first-order chi connectivity index (χ1) is 43.1. The molecule has 6 N–H and O–H groups in total. The largest absolute Gasteiger partial charge is 0.459 e. The number of ether oxygens (including phenoxy) is 12. The number of cyclic esters (lactones) is 1. The molecule has 3 aliphatic heterocycles. The zero-order valence-corrected chi connectivity index (χ0v) is 55.1. The molecule has 3 unspecified atom stereocenters. The minimum absolute atomic E-state index is 0.00842. The molecule has 0 aromatic carbocycles. The van der Waals surface area contributed by atoms with Crippen molar-refractivity contribution in [3.8, 4) is 0 Å². The molecule has 2 saturated heterocycles. The van der Waals surface area contributed by atoms with Crippen LogP contribution in [-0.2, 0) is 80.8 Å². The van der Waals surface area contributed by atoms with Crippen LogP contribution in [0.4, 0.5) is 4.79 Å². The smallest absolute Gasteiger partial charge is 0.407 e. The van der Waals surface area contributed by atoms with Crippen LogP contribution in [0.1, 0.15) is 126 Å². The summed E-state index contributed by atoms with van der Waals surface area (Å²) in [6.07, 6.45) is 7.06. The lowest BCUT2D eigenvalue weighted by molar-refractivity contribution is -0.265. The maximum absolute atomic E-state index is 14.6. The number of piperidine rings is 1. The van der Waals surface area contributed by atoms with E-state index in [1.54, 1.807) is 27.9 Å². The third-order valence-electron chi connectivity index (χ3n) is 17.2. The van der Waals surface area contributed by atoms with Gasteiger partial charge in [0.25, 0.3) is 11.7 Å². The minimum Gasteiger partial charge on any atom is -0.459 e. The van der Waals surface area contributed by atoms with E-state index in [4.69, 9.17) is 62.6 Å². The molecular formula is C66H109N3O21. The van der Waals surface area contributed by atoms with E-state index in [9.17, 15) is 44.1 Å². The van der Waals surface area contributed by atoms with Gasteiger partial charge in [0.05, 0.1) is 104 Å². The summed E-state index contributed by atoms with van der Waals surface area (Å²) in [5, 5.41) is 37.1. The van der Waals surface area contributed by atoms with E-state index >= 15 is 0 Å². The van der Waals surface area contributed by atoms with E-state index in [1.165, 1.54) is 20.1 Å². The number of aliphatic hydroxyl groups excluding tert-OH is 2. The minimum atomic E-state index is -2.50. The lowest BCUT2D eigenvalue weighted by Gasteiger charge is -2.42. The summed E-state index contributed by atoms with van der Waals surface area (Å²) in [5.74, 6) is -9.18. The fraction of sp³-hybridized carbons (Fsp3) is 0.788. The van der Waals surface area contributed by atoms with Crippen molar-refractivity contribution in [2.75, 3.05) is 120 Å². The molecule has 1 aliphatic carbocycles. The summed E-state index contributed by atoms with van der Waals surface area (Å²) in [6.45, 7) is 18.6. The van der Waals surface area contributed by atoms with Crippen molar-refractivity contribution in [1.82, 2.24) is 10.2 Å². The Balaban J connectivity index is 1.37. The zero-order chi connectivity index (χ0) is 66.0. The summed E-state index contributed by atoms with van der Waals surface area (Å²) >= 11 is 0. The normalized spacial score (nSPS) is 32.4. The van der Waals surface area contributed by atoms with E-state index < -0.39 is 120 Å². The Labute approximate surface area is 533 Å². The van der Waals surface area contributed by atoms with Crippen LogP contribution in [0.5, 0.6) is 0 Å². The Hall–Kier alpha value is -4.38. The number of rotatable bonds is 28. The molecule has 0 spiro atoms. The molecular weight excluding hydrogens is 1170 g/mol. The number of esters is 1. The van der Waals surface area contributed by atoms with Gasteiger partial charge in [0, 0.05) is 70.6 Å². The summed E-state index contributed by atoms with van der Waals surface area (Å²) in [7, 11) is 3.07. The van der Waals surface area contributed by atoms with Gasteiger partial charge in [0.1, 0.15) is 36.2 Å². The summed E-state index contributed by atoms with van der Waals surface area (Å²) in [4.78, 5) is 85.2. The Bertz CT molecular complexity index is 2280. The van der Waals surface area contributed by atoms with E-state index in [2.05, 4.69) is 5.32 Å². The number of allylic oxidation sites excluding steroid dienone is 6. The van der Waals surface area contributed by atoms with Gasteiger partial charge in [-0.05, 0) is 108 Å². The van der Waals surface area contributed by atoms with Crippen LogP contribution in [0.15, 0.2) is 47.6 Å². The average Bonchev–Trinajstić information content (AvgIpc) is 0.874. The van der Waals surface area contributed by atoms with Crippen molar-refractivity contribution >= 4 is 35.3 Å². The molecule has 4 rings (SSSR count). The van der Waals surface area contributed by atoms with Gasteiger partial charge in [-0.2, -0.15) is 0 Å². The molecule has 15 atom stereocenters. The SMILES string of the molecule is CCOCCOCCOCCOCCOCCOCCOCCNC(=O)OC1CC[C@@H](C[C@@H](N)[C@@H]2CC(=O)[C@H](C)/C=C(\C)[C@@H](O)[C@@H](O)C(=O)C(C)CC(C)/C=C/C=C/C=C(\C)[C@@H](OC)C[C@@H]3CC[C@@H](C)[C@@](O)(O3)C(=O)C(=O)N3CCCC[C@H]3C(=O)O2)C[C@H]1OC. The number of Topliss-reactive ketones (excluding diaryl/α,β-unsaturated/α-hetero) is 3. The number of aliphatic hydroxyl groups is 3. The highest BCUT2D eigenvalue weighted by Crippen LogP contribution is 2.37. The molecule has 0 aromatic rings. The summed E-state index contributed by atoms with van der Waals surface area (Å²) in [6, 6.07) is -2.22. The number of hydrogen-bond acceptors (Lipinski definition) is 22. The Morgan fingerprint density at radius 2 is 1.33 bits per heavy atom. The fourth-order valence-corrected chi connectivity index (χ4v) is 11.7. The van der Waals surface area contributed by atoms with E-state index in [0.717, 1.165) is 10.5 Å². The summed E-state index contributed by atoms with van der Waals surface area (Å²) < 4.78 is 68.1. The zero-order valence-electron chi connectivity index (χ0n) is 55.1. The lowest BCUT2D eigenvalue weighted by Crippen LogP contribution is -2.61. The first-order valence-electron chi connectivity index (χ1n) is 32.5. The lowest BCUT2D eigenvalue weighted by atomic mass is 9.80. The Morgan fingerprint density at radius 3 is 1.93 bits per heavy atom. The van der Waals surface area contributed by atoms with Crippen molar-refractivity contribution < 1.29 is 101 Å². The monoisotopic (exact) mass is 1280 g/mol. The van der Waals surface area contributed by atoms with Gasteiger partial charge in [-0.1, -0.05) is 64.2 Å². The molecule has 2 amide bonds. The second-order valence-corrected chi connectivity index (χ2v) is 24.2. The van der Waals surface area contributed by atoms with Crippen LogP contribution in [0.25, 0.3) is 0 Å². The number of carbonyl (C=O) groups is 6. The number of methoxy groups -OCH3 is 2. The maximum atomic E-state index is 14.6. The highest BCUT2D eigenvalue weighted by atomic mass is 16.6. The number of nitrogens with two attached hydrogens (primary N) is 1. The maximum Gasteiger partial charge on any atom is 0.407 e. The number of hydrogen-bond donors (Lipinski definition) is 5. The number of nitrogens with zero attached hydrogens (tertiary/aromatic N) is 1. The van der Waals surface area contributed by atoms with Crippen LogP contribution in [0.3, 0.4) is 0 Å². The predicted octanol–water partition coefficient (Wildman–Crippen LogP) is 5.09. The Morgan fingerprint density at radius 1 is 0.722 bits per heavy atom. The Kier molecular flexibility index (Phi) is 37.1. The van der Waals surface area contributed by atoms with Gasteiger partial charge in [0.15, 0.2) is 5.78 Å². The number of ketones is 3. The van der Waals surface area contributed by atoms with Crippen LogP contribution < -0.4 is 11.1 Å². The molecule has 24 heteroatoms. The summed E-state index contributed by atoms with van der Waals surface area (Å²) in [5.41, 5.74) is 8.00. The topological polar surface area (TPSA) is 315 Å². The highest BCUT2D eigenvalue weighted by molar-refractivity contribution is 6.39. The van der Waals surface area contributed by atoms with Crippen LogP contribution >= 0.6 is 0 Å². The molecule has 0 radical (unpaired) electrons. The van der Waals surface area contributed by atoms with Crippen molar-refractivity contribution in [2.24, 2.45) is 35.3 Å². The average molecular weight is 1280 g/mol. The first kappa shape index (κ1) is 78.1. The molecule has 1 saturated carbocycles. The van der Waals surface area contributed by atoms with Gasteiger partial charge in [-0.3, -0.25) is 19.2 Å². The van der Waals surface area contributed by atoms with Gasteiger partial charge in [-0.25, -0.2) is 9.59 Å². The van der Waals surface area contributed by atoms with Crippen molar-refractivity contribution in [2.45, 2.75) is 186 Å². The number of fused-ring (bicyclic) bond motifs is 3. The number of nitrogens with one attached hydrogen (secondary N) is 1. The molecule has 3 heterocycles. The fourth-order valence-electron chi connectivity index (χ4n) is 11.7. The molecule has 0 aromatic heterocycles. The second-order valence-electron chi connectivity index (χ2n) is 24.2. The van der Waals surface area contributed by atoms with E-state index in [-0.39, 0.29) is 56.4 Å². The number of alkyl carbamates (subject to hydrolysis) is 1. The van der Waals surface area contributed by atoms with Gasteiger partial charge < -0.3 is 88.1 Å². The molecule has 90 heavy (non-hydrogen) atoms. The van der Waals surface area contributed by atoms with Crippen LogP contribution in [0, 0.1) is 29.6 Å². The first-order valence-corrected chi connectivity index (χ1v) is 32.5. The second kappa shape index (κ2) is 42.8. The van der Waals surface area contributed by atoms with Gasteiger partial charge in [-0.15, -0.1) is 0 Å². The van der Waals surface area contributed by atoms with Crippen LogP contribution in [0.2, 0.25) is 0 Å². The van der Waals surface area contributed by atoms with E-state index in [0.29, 0.717) is 137 Å². The third kappa shape index (κ3) is 26.9. The predicted molar refractivity (Wildman–Crippen MR) is 333 cm³/mol. The molecule has 2 bridgehead atoms. The van der Waals surface area contributed by atoms with Crippen molar-refractivity contribution in [3.63, 3.8) is 0 Å².